The fourth-order valence-corrected chi connectivity index (χ4v) is 2.08. The Morgan fingerprint density at radius 3 is 2.59 bits per heavy atom. The predicted octanol–water partition coefficient (Wildman–Crippen LogP) is 2.77. The summed E-state index contributed by atoms with van der Waals surface area (Å²) in [6.07, 6.45) is 0. The molecular formula is C17H16FN3O. The number of nitriles is 1. The van der Waals surface area contributed by atoms with Crippen LogP contribution in [-0.2, 0) is 11.3 Å². The van der Waals surface area contributed by atoms with E-state index in [4.69, 9.17) is 5.26 Å². The van der Waals surface area contributed by atoms with Crippen LogP contribution >= 0.6 is 0 Å². The molecular weight excluding hydrogens is 281 g/mol. The van der Waals surface area contributed by atoms with E-state index in [-0.39, 0.29) is 18.3 Å². The van der Waals surface area contributed by atoms with Crippen molar-refractivity contribution in [2.24, 2.45) is 0 Å². The molecule has 2 aromatic rings. The lowest BCUT2D eigenvalue weighted by Gasteiger charge is -2.16. The highest BCUT2D eigenvalue weighted by Gasteiger charge is 2.09. The van der Waals surface area contributed by atoms with E-state index >= 15 is 0 Å². The molecule has 1 N–H and O–H groups in total. The zero-order valence-corrected chi connectivity index (χ0v) is 12.2. The maximum absolute atomic E-state index is 12.8. The number of nitrogens with zero attached hydrogens (tertiary/aromatic N) is 2. The van der Waals surface area contributed by atoms with Gasteiger partial charge in [-0.05, 0) is 36.9 Å². The normalized spacial score (nSPS) is 10.3. The SMILES string of the molecule is CN(CC(=O)Nc1ccccc1C#N)Cc1ccc(F)cc1. The largest absolute Gasteiger partial charge is 0.324 e. The Bertz CT molecular complexity index is 692. The van der Waals surface area contributed by atoms with Gasteiger partial charge < -0.3 is 5.32 Å². The number of carbonyl (C=O) groups is 1. The number of nitrogens with one attached hydrogen (secondary N) is 1. The van der Waals surface area contributed by atoms with E-state index in [1.54, 1.807) is 43.4 Å². The van der Waals surface area contributed by atoms with E-state index in [0.29, 0.717) is 17.8 Å². The zero-order chi connectivity index (χ0) is 15.9. The average molecular weight is 297 g/mol. The molecule has 1 amide bonds. The maximum atomic E-state index is 12.8. The van der Waals surface area contributed by atoms with Gasteiger partial charge in [0.2, 0.25) is 5.91 Å². The van der Waals surface area contributed by atoms with Crippen molar-refractivity contribution in [3.05, 3.63) is 65.5 Å². The van der Waals surface area contributed by atoms with Crippen LogP contribution in [0, 0.1) is 17.1 Å². The molecule has 0 spiro atoms. The molecule has 0 fully saturated rings. The van der Waals surface area contributed by atoms with Crippen LogP contribution < -0.4 is 5.32 Å². The van der Waals surface area contributed by atoms with Crippen LogP contribution in [0.1, 0.15) is 11.1 Å². The van der Waals surface area contributed by atoms with Crippen LogP contribution in [0.5, 0.6) is 0 Å². The fourth-order valence-electron chi connectivity index (χ4n) is 2.08. The molecule has 5 heteroatoms. The van der Waals surface area contributed by atoms with Gasteiger partial charge in [-0.3, -0.25) is 9.69 Å². The second kappa shape index (κ2) is 7.34. The Hall–Kier alpha value is -2.71. The number of benzene rings is 2. The molecule has 2 aromatic carbocycles. The van der Waals surface area contributed by atoms with Crippen molar-refractivity contribution in [3.63, 3.8) is 0 Å². The molecule has 0 bridgehead atoms. The number of carbonyl (C=O) groups excluding carboxylic acids is 1. The van der Waals surface area contributed by atoms with Crippen LogP contribution in [0.15, 0.2) is 48.5 Å². The van der Waals surface area contributed by atoms with Crippen LogP contribution in [-0.4, -0.2) is 24.4 Å². The van der Waals surface area contributed by atoms with Crippen LogP contribution in [0.4, 0.5) is 10.1 Å². The summed E-state index contributed by atoms with van der Waals surface area (Å²) in [6.45, 7) is 0.713. The van der Waals surface area contributed by atoms with E-state index in [1.807, 2.05) is 11.0 Å². The smallest absolute Gasteiger partial charge is 0.238 e. The summed E-state index contributed by atoms with van der Waals surface area (Å²) in [5.74, 6) is -0.482. The first-order valence-electron chi connectivity index (χ1n) is 6.80. The third kappa shape index (κ3) is 4.40. The topological polar surface area (TPSA) is 56.1 Å². The number of hydrogen-bond acceptors (Lipinski definition) is 3. The molecule has 22 heavy (non-hydrogen) atoms. The summed E-state index contributed by atoms with van der Waals surface area (Å²) in [7, 11) is 1.80. The molecule has 0 aliphatic heterocycles. The molecule has 112 valence electrons. The Morgan fingerprint density at radius 1 is 1.23 bits per heavy atom. The first-order valence-corrected chi connectivity index (χ1v) is 6.80. The molecule has 0 heterocycles. The van der Waals surface area contributed by atoms with Crippen molar-refractivity contribution in [3.8, 4) is 6.07 Å². The van der Waals surface area contributed by atoms with Gasteiger partial charge in [0.05, 0.1) is 17.8 Å². The summed E-state index contributed by atoms with van der Waals surface area (Å²) in [5, 5.41) is 11.7. The Kier molecular flexibility index (Phi) is 5.23. The summed E-state index contributed by atoms with van der Waals surface area (Å²) < 4.78 is 12.8. The molecule has 2 rings (SSSR count). The number of rotatable bonds is 5. The second-order valence-electron chi connectivity index (χ2n) is 5.00. The number of hydrogen-bond donors (Lipinski definition) is 1. The van der Waals surface area contributed by atoms with Crippen molar-refractivity contribution >= 4 is 11.6 Å². The van der Waals surface area contributed by atoms with Crippen molar-refractivity contribution in [2.75, 3.05) is 18.9 Å². The third-order valence-corrected chi connectivity index (χ3v) is 3.10. The van der Waals surface area contributed by atoms with Crippen LogP contribution in [0.2, 0.25) is 0 Å². The van der Waals surface area contributed by atoms with Gasteiger partial charge in [-0.1, -0.05) is 24.3 Å². The van der Waals surface area contributed by atoms with E-state index in [9.17, 15) is 9.18 Å². The van der Waals surface area contributed by atoms with Crippen molar-refractivity contribution in [2.45, 2.75) is 6.54 Å². The first-order chi connectivity index (χ1) is 10.6. The van der Waals surface area contributed by atoms with Crippen molar-refractivity contribution in [1.82, 2.24) is 4.90 Å². The molecule has 0 atom stereocenters. The lowest BCUT2D eigenvalue weighted by atomic mass is 10.2. The van der Waals surface area contributed by atoms with Crippen molar-refractivity contribution in [1.29, 1.82) is 5.26 Å². The number of likely N-dealkylation sites (N-methyl/N-ethyl adjacent to an activating group) is 1. The summed E-state index contributed by atoms with van der Waals surface area (Å²) in [4.78, 5) is 13.8. The lowest BCUT2D eigenvalue weighted by molar-refractivity contribution is -0.117. The standard InChI is InChI=1S/C17H16FN3O/c1-21(11-13-6-8-15(18)9-7-13)12-17(22)20-16-5-3-2-4-14(16)10-19/h2-9H,11-12H2,1H3,(H,20,22). The van der Waals surface area contributed by atoms with E-state index < -0.39 is 0 Å². The van der Waals surface area contributed by atoms with Gasteiger partial charge in [-0.2, -0.15) is 5.26 Å². The molecule has 0 radical (unpaired) electrons. The number of anilines is 1. The third-order valence-electron chi connectivity index (χ3n) is 3.10. The van der Waals surface area contributed by atoms with Gasteiger partial charge in [0, 0.05) is 6.54 Å². The quantitative estimate of drug-likeness (QED) is 0.923. The maximum Gasteiger partial charge on any atom is 0.238 e. The monoisotopic (exact) mass is 297 g/mol. The van der Waals surface area contributed by atoms with Gasteiger partial charge in [0.15, 0.2) is 0 Å². The highest BCUT2D eigenvalue weighted by atomic mass is 19.1. The summed E-state index contributed by atoms with van der Waals surface area (Å²) >= 11 is 0. The minimum Gasteiger partial charge on any atom is -0.324 e. The molecule has 0 saturated heterocycles. The van der Waals surface area contributed by atoms with Crippen molar-refractivity contribution < 1.29 is 9.18 Å². The number of halogens is 1. The van der Waals surface area contributed by atoms with E-state index in [0.717, 1.165) is 5.56 Å². The molecule has 0 aliphatic rings. The van der Waals surface area contributed by atoms with Gasteiger partial charge in [0.1, 0.15) is 11.9 Å². The Balaban J connectivity index is 1.91. The minimum absolute atomic E-state index is 0.178. The van der Waals surface area contributed by atoms with Gasteiger partial charge in [0.25, 0.3) is 0 Å². The molecule has 0 saturated carbocycles. The van der Waals surface area contributed by atoms with Crippen LogP contribution in [0.25, 0.3) is 0 Å². The Morgan fingerprint density at radius 2 is 1.91 bits per heavy atom. The summed E-state index contributed by atoms with van der Waals surface area (Å²) in [6, 6.07) is 15.1. The number of para-hydroxylation sites is 1. The predicted molar refractivity (Wildman–Crippen MR) is 82.5 cm³/mol. The molecule has 0 aromatic heterocycles. The van der Waals surface area contributed by atoms with Gasteiger partial charge in [-0.15, -0.1) is 0 Å². The van der Waals surface area contributed by atoms with Gasteiger partial charge >= 0.3 is 0 Å². The first kappa shape index (κ1) is 15.7. The highest BCUT2D eigenvalue weighted by molar-refractivity contribution is 5.93. The lowest BCUT2D eigenvalue weighted by Crippen LogP contribution is -2.30. The van der Waals surface area contributed by atoms with E-state index in [1.165, 1.54) is 12.1 Å². The Labute approximate surface area is 128 Å². The minimum atomic E-state index is -0.280. The molecule has 0 aliphatic carbocycles. The molecule has 0 unspecified atom stereocenters. The zero-order valence-electron chi connectivity index (χ0n) is 12.2. The highest BCUT2D eigenvalue weighted by Crippen LogP contribution is 2.13. The number of amides is 1. The van der Waals surface area contributed by atoms with Gasteiger partial charge in [-0.25, -0.2) is 4.39 Å². The molecule has 4 nitrogen and oxygen atoms in total. The van der Waals surface area contributed by atoms with Crippen LogP contribution in [0.3, 0.4) is 0 Å². The second-order valence-corrected chi connectivity index (χ2v) is 5.00. The van der Waals surface area contributed by atoms with E-state index in [2.05, 4.69) is 5.32 Å². The summed E-state index contributed by atoms with van der Waals surface area (Å²) in [5.41, 5.74) is 1.86. The average Bonchev–Trinajstić information content (AvgIpc) is 2.50. The fraction of sp³-hybridized carbons (Fsp3) is 0.176.